The van der Waals surface area contributed by atoms with Gasteiger partial charge in [-0.1, -0.05) is 6.07 Å². The summed E-state index contributed by atoms with van der Waals surface area (Å²) in [6, 6.07) is 9.17. The summed E-state index contributed by atoms with van der Waals surface area (Å²) in [4.78, 5) is 24.5. The lowest BCUT2D eigenvalue weighted by atomic mass is 9.95. The minimum absolute atomic E-state index is 0.139. The van der Waals surface area contributed by atoms with Gasteiger partial charge in [0.1, 0.15) is 6.61 Å². The van der Waals surface area contributed by atoms with Gasteiger partial charge in [0.05, 0.1) is 45.3 Å². The molecule has 12 nitrogen and oxygen atoms in total. The lowest BCUT2D eigenvalue weighted by Gasteiger charge is -2.28. The van der Waals surface area contributed by atoms with Gasteiger partial charge in [0, 0.05) is 5.70 Å². The molecule has 0 spiro atoms. The Kier molecular flexibility index (Phi) is 10.4. The van der Waals surface area contributed by atoms with Gasteiger partial charge in [-0.05, 0) is 62.2 Å². The van der Waals surface area contributed by atoms with Crippen molar-refractivity contribution in [1.29, 1.82) is 0 Å². The summed E-state index contributed by atoms with van der Waals surface area (Å²) in [7, 11) is 2.83. The average molecular weight is 543 g/mol. The van der Waals surface area contributed by atoms with Gasteiger partial charge in [0.2, 0.25) is 0 Å². The van der Waals surface area contributed by atoms with Gasteiger partial charge in [-0.15, -0.1) is 0 Å². The molecule has 0 bridgehead atoms. The van der Waals surface area contributed by atoms with E-state index < -0.39 is 24.3 Å². The van der Waals surface area contributed by atoms with Crippen LogP contribution in [0.3, 0.4) is 0 Å². The molecule has 0 aromatic heterocycles. The molecule has 0 radical (unpaired) electrons. The number of allylic oxidation sites excluding steroid dienone is 1. The molecule has 1 aliphatic heterocycles. The summed E-state index contributed by atoms with van der Waals surface area (Å²) in [5.41, 5.74) is 4.61. The number of aliphatic hydroxyl groups is 1. The molecule has 1 aliphatic rings. The number of hydrazone groups is 1. The Morgan fingerprint density at radius 3 is 2.44 bits per heavy atom. The Bertz CT molecular complexity index is 1230. The number of aliphatic hydroxyl groups excluding tert-OH is 1. The van der Waals surface area contributed by atoms with Crippen LogP contribution in [0.25, 0.3) is 0 Å². The summed E-state index contributed by atoms with van der Waals surface area (Å²) in [5, 5.41) is 19.7. The maximum absolute atomic E-state index is 12.4. The Morgan fingerprint density at radius 2 is 1.74 bits per heavy atom. The van der Waals surface area contributed by atoms with Crippen LogP contribution in [0.5, 0.6) is 23.0 Å². The molecule has 2 aromatic rings. The molecule has 0 saturated carbocycles. The third-order valence-corrected chi connectivity index (χ3v) is 5.60. The van der Waals surface area contributed by atoms with E-state index in [1.54, 1.807) is 44.4 Å². The number of amides is 2. The predicted octanol–water partition coefficient (Wildman–Crippen LogP) is 2.61. The predicted molar refractivity (Wildman–Crippen MR) is 143 cm³/mol. The van der Waals surface area contributed by atoms with E-state index in [0.717, 1.165) is 5.56 Å². The molecular formula is C27H34N4O8. The highest BCUT2D eigenvalue weighted by atomic mass is 16.5. The molecule has 39 heavy (non-hydrogen) atoms. The monoisotopic (exact) mass is 542 g/mol. The second-order valence-corrected chi connectivity index (χ2v) is 8.26. The molecule has 0 aliphatic carbocycles. The average Bonchev–Trinajstić information content (AvgIpc) is 2.92. The zero-order chi connectivity index (χ0) is 28.4. The van der Waals surface area contributed by atoms with Gasteiger partial charge in [-0.3, -0.25) is 5.43 Å². The summed E-state index contributed by atoms with van der Waals surface area (Å²) >= 11 is 0. The highest BCUT2D eigenvalue weighted by Crippen LogP contribution is 2.35. The van der Waals surface area contributed by atoms with E-state index >= 15 is 0 Å². The third-order valence-electron chi connectivity index (χ3n) is 5.60. The van der Waals surface area contributed by atoms with E-state index in [2.05, 4.69) is 21.2 Å². The fourth-order valence-electron chi connectivity index (χ4n) is 3.86. The molecule has 2 atom stereocenters. The molecule has 210 valence electrons. The van der Waals surface area contributed by atoms with Gasteiger partial charge in [0.25, 0.3) is 0 Å². The van der Waals surface area contributed by atoms with Gasteiger partial charge >= 0.3 is 12.0 Å². The van der Waals surface area contributed by atoms with E-state index in [1.165, 1.54) is 13.3 Å². The fraction of sp³-hybridized carbons (Fsp3) is 0.370. The van der Waals surface area contributed by atoms with Crippen molar-refractivity contribution in [2.45, 2.75) is 33.0 Å². The number of carbonyl (C=O) groups excluding carboxylic acids is 2. The van der Waals surface area contributed by atoms with Crippen LogP contribution in [0.15, 0.2) is 52.8 Å². The lowest BCUT2D eigenvalue weighted by Crippen LogP contribution is -2.45. The van der Waals surface area contributed by atoms with Crippen molar-refractivity contribution in [3.05, 3.63) is 58.8 Å². The summed E-state index contributed by atoms with van der Waals surface area (Å²) < 4.78 is 27.2. The number of carbonyl (C=O) groups is 2. The molecule has 3 rings (SSSR count). The Hall–Kier alpha value is -4.45. The second kappa shape index (κ2) is 13.9. The molecule has 0 saturated heterocycles. The molecule has 12 heteroatoms. The number of methoxy groups -OCH3 is 2. The number of ether oxygens (including phenoxy) is 5. The second-order valence-electron chi connectivity index (χ2n) is 8.26. The fourth-order valence-corrected chi connectivity index (χ4v) is 3.86. The molecular weight excluding hydrogens is 508 g/mol. The van der Waals surface area contributed by atoms with E-state index in [1.807, 2.05) is 19.9 Å². The normalized spacial score (nSPS) is 15.7. The molecule has 2 amide bonds. The smallest absolute Gasteiger partial charge is 0.337 e. The van der Waals surface area contributed by atoms with Crippen LogP contribution in [0.2, 0.25) is 0 Å². The van der Waals surface area contributed by atoms with E-state index in [4.69, 9.17) is 23.7 Å². The Labute approximate surface area is 226 Å². The van der Waals surface area contributed by atoms with Crippen molar-refractivity contribution < 1.29 is 38.4 Å². The van der Waals surface area contributed by atoms with Crippen LogP contribution >= 0.6 is 0 Å². The maximum atomic E-state index is 12.4. The Morgan fingerprint density at radius 1 is 1.05 bits per heavy atom. The van der Waals surface area contributed by atoms with Crippen molar-refractivity contribution in [2.75, 3.05) is 34.0 Å². The summed E-state index contributed by atoms with van der Waals surface area (Å²) in [6.45, 7) is 6.05. The summed E-state index contributed by atoms with van der Waals surface area (Å²) in [6.07, 6.45) is 0.407. The summed E-state index contributed by atoms with van der Waals surface area (Å²) in [5.74, 6) is 1.38. The first-order valence-corrected chi connectivity index (χ1v) is 12.3. The first-order valence-electron chi connectivity index (χ1n) is 12.3. The zero-order valence-electron chi connectivity index (χ0n) is 22.6. The first-order chi connectivity index (χ1) is 18.8. The largest absolute Gasteiger partial charge is 0.493 e. The van der Waals surface area contributed by atoms with Gasteiger partial charge in [0.15, 0.2) is 29.2 Å². The number of rotatable bonds is 13. The van der Waals surface area contributed by atoms with Crippen molar-refractivity contribution in [3.8, 4) is 23.0 Å². The number of urea groups is 1. The van der Waals surface area contributed by atoms with Crippen LogP contribution in [0.4, 0.5) is 4.79 Å². The maximum Gasteiger partial charge on any atom is 0.337 e. The number of nitrogens with one attached hydrogen (secondary N) is 3. The van der Waals surface area contributed by atoms with Gasteiger partial charge < -0.3 is 39.4 Å². The highest BCUT2D eigenvalue weighted by molar-refractivity contribution is 5.95. The van der Waals surface area contributed by atoms with E-state index in [-0.39, 0.29) is 12.2 Å². The van der Waals surface area contributed by atoms with Gasteiger partial charge in [-0.2, -0.15) is 5.10 Å². The van der Waals surface area contributed by atoms with Crippen molar-refractivity contribution in [3.63, 3.8) is 0 Å². The van der Waals surface area contributed by atoms with Crippen molar-refractivity contribution in [1.82, 2.24) is 16.1 Å². The minimum atomic E-state index is -1.12. The number of benzene rings is 2. The first kappa shape index (κ1) is 29.1. The van der Waals surface area contributed by atoms with Gasteiger partial charge in [-0.25, -0.2) is 9.59 Å². The number of hydrogen-bond acceptors (Lipinski definition) is 10. The number of nitrogens with zero attached hydrogens (tertiary/aromatic N) is 1. The molecule has 0 unspecified atom stereocenters. The zero-order valence-corrected chi connectivity index (χ0v) is 22.6. The topological polar surface area (TPSA) is 149 Å². The number of esters is 1. The SMILES string of the molecule is CCOc1ccc(/C=N\N[C@@H](O)COc2ccc([C@@H]3NC(=O)NC(C)=C3C(=O)OC)cc2OCC)cc1OC. The standard InChI is InChI=1S/C27H34N4O8/c1-6-37-19-10-8-17(12-21(19)35-4)14-28-31-23(32)15-39-20-11-9-18(13-22(20)38-7-2)25-24(26(33)36-5)16(3)29-27(34)30-25/h8-14,23,25,31-32H,6-7,15H2,1-5H3,(H2,29,30,34)/b28-14-/t23-,25-/m0/s1. The Balaban J connectivity index is 1.68. The number of hydrogen-bond donors (Lipinski definition) is 4. The van der Waals surface area contributed by atoms with Crippen LogP contribution in [0.1, 0.15) is 37.9 Å². The third kappa shape index (κ3) is 7.54. The molecule has 1 heterocycles. The van der Waals surface area contributed by atoms with Crippen LogP contribution in [-0.2, 0) is 9.53 Å². The quantitative estimate of drug-likeness (QED) is 0.130. The van der Waals surface area contributed by atoms with Crippen molar-refractivity contribution >= 4 is 18.2 Å². The van der Waals surface area contributed by atoms with Crippen LogP contribution < -0.4 is 35.0 Å². The molecule has 4 N–H and O–H groups in total. The van der Waals surface area contributed by atoms with Crippen LogP contribution in [-0.4, -0.2) is 63.6 Å². The van der Waals surface area contributed by atoms with E-state index in [9.17, 15) is 14.7 Å². The highest BCUT2D eigenvalue weighted by Gasteiger charge is 2.32. The minimum Gasteiger partial charge on any atom is -0.493 e. The molecule has 0 fully saturated rings. The lowest BCUT2D eigenvalue weighted by molar-refractivity contribution is -0.136. The van der Waals surface area contributed by atoms with Crippen molar-refractivity contribution in [2.24, 2.45) is 5.10 Å². The van der Waals surface area contributed by atoms with E-state index in [0.29, 0.717) is 47.5 Å². The molecule has 2 aromatic carbocycles. The van der Waals surface area contributed by atoms with Crippen LogP contribution in [0, 0.1) is 0 Å².